The Hall–Kier alpha value is -1.49. The molecule has 2 unspecified atom stereocenters. The lowest BCUT2D eigenvalue weighted by Crippen LogP contribution is -2.40. The van der Waals surface area contributed by atoms with Crippen molar-refractivity contribution in [2.75, 3.05) is 13.1 Å². The Balaban J connectivity index is 2.50. The molecule has 0 saturated carbocycles. The summed E-state index contributed by atoms with van der Waals surface area (Å²) in [6, 6.07) is 3.27. The molecule has 2 rings (SSSR count). The molecular formula is C12H14F2N2O. The van der Waals surface area contributed by atoms with E-state index < -0.39 is 28.9 Å². The van der Waals surface area contributed by atoms with Gasteiger partial charge in [-0.3, -0.25) is 4.79 Å². The maximum absolute atomic E-state index is 13.8. The average Bonchev–Trinajstić information content (AvgIpc) is 2.65. The maximum Gasteiger partial charge on any atom is 0.222 e. The van der Waals surface area contributed by atoms with Crippen LogP contribution in [-0.4, -0.2) is 19.0 Å². The monoisotopic (exact) mass is 240 g/mol. The smallest absolute Gasteiger partial charge is 0.222 e. The highest BCUT2D eigenvalue weighted by molar-refractivity contribution is 5.79. The average molecular weight is 240 g/mol. The van der Waals surface area contributed by atoms with E-state index in [9.17, 15) is 13.6 Å². The summed E-state index contributed by atoms with van der Waals surface area (Å²) < 4.78 is 27.0. The standard InChI is InChI=1S/C12H14F2N2O/c1-12(6-16-5-9(12)11(15)17)8-4-7(13)2-3-10(8)14/h2-4,9,16H,5-6H2,1H3,(H2,15,17). The van der Waals surface area contributed by atoms with Crippen molar-refractivity contribution in [2.24, 2.45) is 11.7 Å². The molecular weight excluding hydrogens is 226 g/mol. The number of carbonyl (C=O) groups excluding carboxylic acids is 1. The van der Waals surface area contributed by atoms with E-state index >= 15 is 0 Å². The van der Waals surface area contributed by atoms with Crippen LogP contribution >= 0.6 is 0 Å². The zero-order valence-corrected chi connectivity index (χ0v) is 9.47. The third-order valence-electron chi connectivity index (χ3n) is 3.50. The van der Waals surface area contributed by atoms with E-state index in [-0.39, 0.29) is 5.56 Å². The van der Waals surface area contributed by atoms with Crippen molar-refractivity contribution in [1.82, 2.24) is 5.32 Å². The fourth-order valence-corrected chi connectivity index (χ4v) is 2.46. The topological polar surface area (TPSA) is 55.1 Å². The molecule has 0 spiro atoms. The van der Waals surface area contributed by atoms with Gasteiger partial charge in [-0.15, -0.1) is 0 Å². The Bertz CT molecular complexity index is 464. The van der Waals surface area contributed by atoms with Gasteiger partial charge in [-0.1, -0.05) is 6.92 Å². The third kappa shape index (κ3) is 1.91. The van der Waals surface area contributed by atoms with E-state index in [2.05, 4.69) is 5.32 Å². The van der Waals surface area contributed by atoms with Crippen molar-refractivity contribution in [3.63, 3.8) is 0 Å². The van der Waals surface area contributed by atoms with Gasteiger partial charge in [0.15, 0.2) is 0 Å². The number of nitrogens with two attached hydrogens (primary N) is 1. The number of benzene rings is 1. The van der Waals surface area contributed by atoms with Crippen LogP contribution in [-0.2, 0) is 10.2 Å². The quantitative estimate of drug-likeness (QED) is 0.808. The maximum atomic E-state index is 13.8. The zero-order chi connectivity index (χ0) is 12.6. The summed E-state index contributed by atoms with van der Waals surface area (Å²) in [5.41, 5.74) is 4.71. The molecule has 1 aromatic carbocycles. The van der Waals surface area contributed by atoms with E-state index in [1.807, 2.05) is 0 Å². The molecule has 1 fully saturated rings. The second-order valence-electron chi connectivity index (χ2n) is 4.63. The lowest BCUT2D eigenvalue weighted by atomic mass is 9.73. The van der Waals surface area contributed by atoms with Crippen molar-refractivity contribution >= 4 is 5.91 Å². The highest BCUT2D eigenvalue weighted by Crippen LogP contribution is 2.36. The van der Waals surface area contributed by atoms with Crippen LogP contribution in [0.1, 0.15) is 12.5 Å². The molecule has 92 valence electrons. The first kappa shape index (κ1) is 12.0. The van der Waals surface area contributed by atoms with E-state index in [0.717, 1.165) is 18.2 Å². The number of halogens is 2. The van der Waals surface area contributed by atoms with Gasteiger partial charge < -0.3 is 11.1 Å². The Morgan fingerprint density at radius 2 is 2.24 bits per heavy atom. The second kappa shape index (κ2) is 4.07. The molecule has 1 aromatic rings. The van der Waals surface area contributed by atoms with Gasteiger partial charge in [0.1, 0.15) is 11.6 Å². The number of hydrogen-bond donors (Lipinski definition) is 2. The molecule has 0 aromatic heterocycles. The van der Waals surface area contributed by atoms with Crippen molar-refractivity contribution in [2.45, 2.75) is 12.3 Å². The largest absolute Gasteiger partial charge is 0.369 e. The summed E-state index contributed by atoms with van der Waals surface area (Å²) in [6.07, 6.45) is 0. The number of carbonyl (C=O) groups is 1. The molecule has 1 amide bonds. The van der Waals surface area contributed by atoms with E-state index in [4.69, 9.17) is 5.73 Å². The lowest BCUT2D eigenvalue weighted by molar-refractivity contribution is -0.122. The molecule has 0 bridgehead atoms. The number of hydrogen-bond acceptors (Lipinski definition) is 2. The van der Waals surface area contributed by atoms with Crippen molar-refractivity contribution in [3.8, 4) is 0 Å². The number of amides is 1. The van der Waals surface area contributed by atoms with Crippen LogP contribution in [0.2, 0.25) is 0 Å². The van der Waals surface area contributed by atoms with Gasteiger partial charge in [-0.05, 0) is 23.8 Å². The fraction of sp³-hybridized carbons (Fsp3) is 0.417. The van der Waals surface area contributed by atoms with Crippen LogP contribution in [0.3, 0.4) is 0 Å². The summed E-state index contributed by atoms with van der Waals surface area (Å²) in [5, 5.41) is 3.00. The summed E-state index contributed by atoms with van der Waals surface area (Å²) in [6.45, 7) is 2.52. The molecule has 0 radical (unpaired) electrons. The SMILES string of the molecule is CC1(c2cc(F)ccc2F)CNCC1C(N)=O. The highest BCUT2D eigenvalue weighted by atomic mass is 19.1. The number of primary amides is 1. The number of rotatable bonds is 2. The van der Waals surface area contributed by atoms with Gasteiger partial charge >= 0.3 is 0 Å². The van der Waals surface area contributed by atoms with Gasteiger partial charge in [0.05, 0.1) is 5.92 Å². The molecule has 2 atom stereocenters. The van der Waals surface area contributed by atoms with Gasteiger partial charge in [-0.2, -0.15) is 0 Å². The first-order valence-electron chi connectivity index (χ1n) is 5.41. The van der Waals surface area contributed by atoms with Gasteiger partial charge in [0, 0.05) is 18.5 Å². The first-order chi connectivity index (χ1) is 7.95. The summed E-state index contributed by atoms with van der Waals surface area (Å²) in [4.78, 5) is 11.4. The van der Waals surface area contributed by atoms with Crippen LogP contribution in [0.15, 0.2) is 18.2 Å². The Kier molecular flexibility index (Phi) is 2.87. The molecule has 1 aliphatic rings. The van der Waals surface area contributed by atoms with Crippen molar-refractivity contribution in [1.29, 1.82) is 0 Å². The third-order valence-corrected chi connectivity index (χ3v) is 3.50. The minimum Gasteiger partial charge on any atom is -0.369 e. The van der Waals surface area contributed by atoms with Gasteiger partial charge in [-0.25, -0.2) is 8.78 Å². The minimum absolute atomic E-state index is 0.200. The zero-order valence-electron chi connectivity index (χ0n) is 9.47. The summed E-state index contributed by atoms with van der Waals surface area (Å²) in [5.74, 6) is -2.05. The summed E-state index contributed by atoms with van der Waals surface area (Å²) in [7, 11) is 0. The lowest BCUT2D eigenvalue weighted by Gasteiger charge is -2.29. The molecule has 1 aliphatic heterocycles. The van der Waals surface area contributed by atoms with Crippen LogP contribution in [0, 0.1) is 17.6 Å². The molecule has 1 saturated heterocycles. The highest BCUT2D eigenvalue weighted by Gasteiger charge is 2.45. The van der Waals surface area contributed by atoms with Crippen molar-refractivity contribution in [3.05, 3.63) is 35.4 Å². The minimum atomic E-state index is -0.794. The first-order valence-corrected chi connectivity index (χ1v) is 5.41. The molecule has 3 N–H and O–H groups in total. The molecule has 1 heterocycles. The normalized spacial score (nSPS) is 28.3. The van der Waals surface area contributed by atoms with E-state index in [1.54, 1.807) is 6.92 Å². The van der Waals surface area contributed by atoms with Crippen molar-refractivity contribution < 1.29 is 13.6 Å². The van der Waals surface area contributed by atoms with Crippen LogP contribution in [0.4, 0.5) is 8.78 Å². The Morgan fingerprint density at radius 1 is 1.53 bits per heavy atom. The molecule has 3 nitrogen and oxygen atoms in total. The van der Waals surface area contributed by atoms with Gasteiger partial charge in [0.2, 0.25) is 5.91 Å². The molecule has 0 aliphatic carbocycles. The van der Waals surface area contributed by atoms with Crippen LogP contribution in [0.5, 0.6) is 0 Å². The molecule has 17 heavy (non-hydrogen) atoms. The second-order valence-corrected chi connectivity index (χ2v) is 4.63. The van der Waals surface area contributed by atoms with Crippen LogP contribution < -0.4 is 11.1 Å². The predicted octanol–water partition coefficient (Wildman–Crippen LogP) is 0.927. The van der Waals surface area contributed by atoms with E-state index in [0.29, 0.717) is 13.1 Å². The Labute approximate surface area is 98.0 Å². The summed E-state index contributed by atoms with van der Waals surface area (Å²) >= 11 is 0. The van der Waals surface area contributed by atoms with E-state index in [1.165, 1.54) is 0 Å². The van der Waals surface area contributed by atoms with Gasteiger partial charge in [0.25, 0.3) is 0 Å². The Morgan fingerprint density at radius 3 is 2.88 bits per heavy atom. The molecule has 5 heteroatoms. The fourth-order valence-electron chi connectivity index (χ4n) is 2.46. The number of nitrogens with one attached hydrogen (secondary N) is 1. The van der Waals surface area contributed by atoms with Crippen LogP contribution in [0.25, 0.3) is 0 Å². The predicted molar refractivity (Wildman–Crippen MR) is 59.3 cm³/mol.